The Morgan fingerprint density at radius 3 is 2.74 bits per heavy atom. The number of carbonyl (C=O) groups is 2. The van der Waals surface area contributed by atoms with E-state index in [4.69, 9.17) is 9.47 Å². The van der Waals surface area contributed by atoms with Crippen molar-refractivity contribution in [3.05, 3.63) is 29.6 Å². The molecular weight excluding hydrogens is 351 g/mol. The quantitative estimate of drug-likeness (QED) is 0.811. The van der Waals surface area contributed by atoms with Gasteiger partial charge in [0.25, 0.3) is 0 Å². The normalized spacial score (nSPS) is 26.8. The average molecular weight is 376 g/mol. The van der Waals surface area contributed by atoms with E-state index in [1.807, 2.05) is 4.90 Å². The number of aryl methyl sites for hydroxylation is 1. The third kappa shape index (κ3) is 3.71. The van der Waals surface area contributed by atoms with Crippen molar-refractivity contribution >= 4 is 17.5 Å². The molecule has 2 amide bonds. The van der Waals surface area contributed by atoms with Crippen LogP contribution in [-0.4, -0.2) is 55.9 Å². The second-order valence-electron chi connectivity index (χ2n) is 7.66. The molecule has 0 saturated carbocycles. The number of amides is 2. The van der Waals surface area contributed by atoms with Gasteiger partial charge in [0.05, 0.1) is 24.8 Å². The number of benzene rings is 1. The lowest BCUT2D eigenvalue weighted by molar-refractivity contribution is -0.143. The molecule has 27 heavy (non-hydrogen) atoms. The van der Waals surface area contributed by atoms with Crippen LogP contribution >= 0.6 is 0 Å². The number of halogens is 1. The minimum Gasteiger partial charge on any atom is -0.350 e. The molecule has 6 nitrogen and oxygen atoms in total. The predicted octanol–water partition coefficient (Wildman–Crippen LogP) is 2.10. The number of carbonyl (C=O) groups excluding carboxylic acids is 2. The topological polar surface area (TPSA) is 59.1 Å². The summed E-state index contributed by atoms with van der Waals surface area (Å²) in [5.41, 5.74) is 1.05. The molecule has 3 heterocycles. The molecule has 3 aliphatic rings. The van der Waals surface area contributed by atoms with Crippen LogP contribution in [0.1, 0.15) is 24.8 Å². The van der Waals surface area contributed by atoms with Gasteiger partial charge >= 0.3 is 0 Å². The summed E-state index contributed by atoms with van der Waals surface area (Å²) in [6.07, 6.45) is 1.77. The highest BCUT2D eigenvalue weighted by Crippen LogP contribution is 2.31. The molecule has 3 saturated heterocycles. The largest absolute Gasteiger partial charge is 0.350 e. The highest BCUT2D eigenvalue weighted by atomic mass is 19.1. The van der Waals surface area contributed by atoms with Crippen LogP contribution in [0.4, 0.5) is 10.1 Å². The van der Waals surface area contributed by atoms with Crippen LogP contribution in [0, 0.1) is 24.6 Å². The maximum absolute atomic E-state index is 14.3. The van der Waals surface area contributed by atoms with Crippen molar-refractivity contribution in [3.8, 4) is 0 Å². The Morgan fingerprint density at radius 1 is 1.22 bits per heavy atom. The Kier molecular flexibility index (Phi) is 5.14. The lowest BCUT2D eigenvalue weighted by atomic mass is 9.95. The van der Waals surface area contributed by atoms with E-state index in [9.17, 15) is 14.0 Å². The zero-order chi connectivity index (χ0) is 19.0. The summed E-state index contributed by atoms with van der Waals surface area (Å²) in [6.45, 7) is 4.51. The first-order valence-corrected chi connectivity index (χ1v) is 9.61. The molecule has 0 radical (unpaired) electrons. The van der Waals surface area contributed by atoms with Crippen molar-refractivity contribution in [2.75, 3.05) is 37.7 Å². The monoisotopic (exact) mass is 376 g/mol. The van der Waals surface area contributed by atoms with E-state index in [-0.39, 0.29) is 42.7 Å². The molecule has 146 valence electrons. The van der Waals surface area contributed by atoms with E-state index in [1.54, 1.807) is 19.1 Å². The van der Waals surface area contributed by atoms with Crippen LogP contribution in [0.2, 0.25) is 0 Å². The summed E-state index contributed by atoms with van der Waals surface area (Å²) < 4.78 is 25.5. The van der Waals surface area contributed by atoms with E-state index in [0.29, 0.717) is 26.3 Å². The van der Waals surface area contributed by atoms with Gasteiger partial charge in [-0.15, -0.1) is 0 Å². The van der Waals surface area contributed by atoms with Gasteiger partial charge < -0.3 is 19.3 Å². The lowest BCUT2D eigenvalue weighted by Crippen LogP contribution is -2.46. The summed E-state index contributed by atoms with van der Waals surface area (Å²) in [5.74, 6) is -0.909. The predicted molar refractivity (Wildman–Crippen MR) is 96.6 cm³/mol. The Morgan fingerprint density at radius 2 is 2.00 bits per heavy atom. The molecule has 0 spiro atoms. The van der Waals surface area contributed by atoms with Crippen LogP contribution in [0.25, 0.3) is 0 Å². The third-order valence-electron chi connectivity index (χ3n) is 5.67. The van der Waals surface area contributed by atoms with Gasteiger partial charge in [0.1, 0.15) is 5.82 Å². The minimum absolute atomic E-state index is 0.0268. The summed E-state index contributed by atoms with van der Waals surface area (Å²) in [7, 11) is 0. The van der Waals surface area contributed by atoms with Gasteiger partial charge in [-0.25, -0.2) is 4.39 Å². The van der Waals surface area contributed by atoms with Gasteiger partial charge in [-0.1, -0.05) is 6.07 Å². The summed E-state index contributed by atoms with van der Waals surface area (Å²) in [6, 6.07) is 4.80. The van der Waals surface area contributed by atoms with Gasteiger partial charge in [-0.3, -0.25) is 9.59 Å². The molecule has 1 aromatic carbocycles. The number of ether oxygens (including phenoxy) is 2. The molecule has 1 aromatic rings. The van der Waals surface area contributed by atoms with Crippen LogP contribution in [-0.2, 0) is 19.1 Å². The highest BCUT2D eigenvalue weighted by molar-refractivity contribution is 6.00. The van der Waals surface area contributed by atoms with Gasteiger partial charge in [-0.2, -0.15) is 0 Å². The van der Waals surface area contributed by atoms with Gasteiger partial charge in [0.15, 0.2) is 6.29 Å². The molecular formula is C20H25FN2O4. The van der Waals surface area contributed by atoms with E-state index in [0.717, 1.165) is 18.4 Å². The SMILES string of the molecule is Cc1ccc(N2CC(C(=O)N3CCCC(C4OCCO4)C3)CC2=O)c(F)c1. The van der Waals surface area contributed by atoms with Crippen molar-refractivity contribution in [2.24, 2.45) is 11.8 Å². The summed E-state index contributed by atoms with van der Waals surface area (Å²) in [5, 5.41) is 0. The number of hydrogen-bond donors (Lipinski definition) is 0. The zero-order valence-corrected chi connectivity index (χ0v) is 15.5. The minimum atomic E-state index is -0.428. The first-order valence-electron chi connectivity index (χ1n) is 9.61. The van der Waals surface area contributed by atoms with Gasteiger partial charge in [0, 0.05) is 32.0 Å². The molecule has 2 atom stereocenters. The maximum atomic E-state index is 14.3. The Hall–Kier alpha value is -1.99. The van der Waals surface area contributed by atoms with Crippen LogP contribution in [0.5, 0.6) is 0 Å². The number of hydrogen-bond acceptors (Lipinski definition) is 4. The molecule has 4 rings (SSSR count). The average Bonchev–Trinajstić information content (AvgIpc) is 3.31. The van der Waals surface area contributed by atoms with E-state index in [1.165, 1.54) is 11.0 Å². The van der Waals surface area contributed by atoms with E-state index >= 15 is 0 Å². The van der Waals surface area contributed by atoms with E-state index in [2.05, 4.69) is 0 Å². The molecule has 3 fully saturated rings. The number of piperidine rings is 1. The first-order chi connectivity index (χ1) is 13.0. The second-order valence-corrected chi connectivity index (χ2v) is 7.66. The smallest absolute Gasteiger partial charge is 0.228 e. The van der Waals surface area contributed by atoms with Crippen LogP contribution in [0.15, 0.2) is 18.2 Å². The number of rotatable bonds is 3. The van der Waals surface area contributed by atoms with Crippen molar-refractivity contribution in [2.45, 2.75) is 32.5 Å². The molecule has 2 unspecified atom stereocenters. The fourth-order valence-electron chi connectivity index (χ4n) is 4.28. The Balaban J connectivity index is 1.42. The number of likely N-dealkylation sites (tertiary alicyclic amines) is 1. The van der Waals surface area contributed by atoms with Crippen molar-refractivity contribution in [3.63, 3.8) is 0 Å². The van der Waals surface area contributed by atoms with Crippen molar-refractivity contribution in [1.29, 1.82) is 0 Å². The van der Waals surface area contributed by atoms with Gasteiger partial charge in [-0.05, 0) is 37.5 Å². The highest BCUT2D eigenvalue weighted by Gasteiger charge is 2.40. The van der Waals surface area contributed by atoms with E-state index < -0.39 is 11.7 Å². The molecule has 7 heteroatoms. The van der Waals surface area contributed by atoms with Crippen molar-refractivity contribution in [1.82, 2.24) is 4.90 Å². The maximum Gasteiger partial charge on any atom is 0.228 e. The molecule has 0 bridgehead atoms. The van der Waals surface area contributed by atoms with Crippen LogP contribution < -0.4 is 4.90 Å². The molecule has 0 N–H and O–H groups in total. The summed E-state index contributed by atoms with van der Waals surface area (Å²) >= 11 is 0. The standard InChI is InChI=1S/C20H25FN2O4/c1-13-4-5-17(16(21)9-13)23-12-15(10-18(23)24)19(25)22-6-2-3-14(11-22)20-26-7-8-27-20/h4-5,9,14-15,20H,2-3,6-8,10-12H2,1H3. The number of nitrogens with zero attached hydrogens (tertiary/aromatic N) is 2. The Bertz CT molecular complexity index is 735. The zero-order valence-electron chi connectivity index (χ0n) is 15.5. The fraction of sp³-hybridized carbons (Fsp3) is 0.600. The molecule has 0 aliphatic carbocycles. The number of anilines is 1. The first kappa shape index (κ1) is 18.4. The molecule has 0 aromatic heterocycles. The van der Waals surface area contributed by atoms with Crippen LogP contribution in [0.3, 0.4) is 0 Å². The second kappa shape index (κ2) is 7.56. The molecule has 3 aliphatic heterocycles. The fourth-order valence-corrected chi connectivity index (χ4v) is 4.28. The lowest BCUT2D eigenvalue weighted by Gasteiger charge is -2.36. The Labute approximate surface area is 158 Å². The third-order valence-corrected chi connectivity index (χ3v) is 5.67. The van der Waals surface area contributed by atoms with Gasteiger partial charge in [0.2, 0.25) is 11.8 Å². The summed E-state index contributed by atoms with van der Waals surface area (Å²) in [4.78, 5) is 28.7. The van der Waals surface area contributed by atoms with Crippen molar-refractivity contribution < 1.29 is 23.5 Å².